The van der Waals surface area contributed by atoms with Gasteiger partial charge in [-0.15, -0.1) is 11.3 Å². The summed E-state index contributed by atoms with van der Waals surface area (Å²) in [5.41, 5.74) is 1.41. The van der Waals surface area contributed by atoms with Crippen molar-refractivity contribution in [2.24, 2.45) is 0 Å². The molecule has 0 spiro atoms. The number of hydrogen-bond acceptors (Lipinski definition) is 2. The Labute approximate surface area is 114 Å². The predicted octanol–water partition coefficient (Wildman–Crippen LogP) is 4.42. The van der Waals surface area contributed by atoms with Gasteiger partial charge in [0, 0.05) is 17.0 Å². The lowest BCUT2D eigenvalue weighted by atomic mass is 10.0. The van der Waals surface area contributed by atoms with Crippen molar-refractivity contribution in [2.75, 3.05) is 0 Å². The molecule has 0 radical (unpaired) electrons. The molecule has 0 amide bonds. The zero-order chi connectivity index (χ0) is 12.8. The third-order valence-electron chi connectivity index (χ3n) is 3.27. The van der Waals surface area contributed by atoms with Gasteiger partial charge in [0.1, 0.15) is 0 Å². The van der Waals surface area contributed by atoms with Crippen LogP contribution >= 0.6 is 11.3 Å². The molecule has 2 rings (SSSR count). The fraction of sp³-hybridized carbons (Fsp3) is 0.375. The van der Waals surface area contributed by atoms with Crippen LogP contribution in [0, 0.1) is 0 Å². The Kier molecular flexibility index (Phi) is 4.97. The van der Waals surface area contributed by atoms with E-state index in [0.717, 1.165) is 12.8 Å². The Morgan fingerprint density at radius 1 is 1.11 bits per heavy atom. The first-order chi connectivity index (χ1) is 8.79. The Morgan fingerprint density at radius 2 is 1.89 bits per heavy atom. The molecule has 0 aliphatic rings. The topological polar surface area (TPSA) is 12.0 Å². The highest BCUT2D eigenvalue weighted by molar-refractivity contribution is 7.10. The summed E-state index contributed by atoms with van der Waals surface area (Å²) in [4.78, 5) is 1.42. The average Bonchev–Trinajstić information content (AvgIpc) is 2.93. The smallest absolute Gasteiger partial charge is 0.0388 e. The van der Waals surface area contributed by atoms with E-state index in [0.29, 0.717) is 12.1 Å². The Balaban J connectivity index is 1.93. The van der Waals surface area contributed by atoms with Gasteiger partial charge >= 0.3 is 0 Å². The Hall–Kier alpha value is -1.12. The molecule has 0 aliphatic heterocycles. The monoisotopic (exact) mass is 259 g/mol. The molecule has 18 heavy (non-hydrogen) atoms. The minimum atomic E-state index is 0.443. The summed E-state index contributed by atoms with van der Waals surface area (Å²) in [6.45, 7) is 4.50. The van der Waals surface area contributed by atoms with E-state index in [2.05, 4.69) is 67.0 Å². The molecule has 1 nitrogen and oxygen atoms in total. The van der Waals surface area contributed by atoms with E-state index < -0.39 is 0 Å². The summed E-state index contributed by atoms with van der Waals surface area (Å²) in [6, 6.07) is 16.0. The molecule has 1 N–H and O–H groups in total. The molecule has 0 bridgehead atoms. The van der Waals surface area contributed by atoms with Crippen LogP contribution < -0.4 is 5.32 Å². The summed E-state index contributed by atoms with van der Waals surface area (Å²) in [6.07, 6.45) is 2.26. The molecule has 2 atom stereocenters. The lowest BCUT2D eigenvalue weighted by Gasteiger charge is -2.21. The molecule has 1 aromatic heterocycles. The Morgan fingerprint density at radius 3 is 2.50 bits per heavy atom. The van der Waals surface area contributed by atoms with Crippen molar-refractivity contribution in [2.45, 2.75) is 38.8 Å². The summed E-state index contributed by atoms with van der Waals surface area (Å²) >= 11 is 1.83. The third kappa shape index (κ3) is 3.69. The van der Waals surface area contributed by atoms with Crippen molar-refractivity contribution in [3.8, 4) is 0 Å². The second-order valence-corrected chi connectivity index (χ2v) is 5.68. The van der Waals surface area contributed by atoms with Crippen molar-refractivity contribution in [3.05, 3.63) is 58.3 Å². The van der Waals surface area contributed by atoms with Crippen LogP contribution in [-0.4, -0.2) is 6.04 Å². The maximum Gasteiger partial charge on any atom is 0.0388 e. The third-order valence-corrected chi connectivity index (χ3v) is 4.33. The molecule has 0 fully saturated rings. The van der Waals surface area contributed by atoms with E-state index in [-0.39, 0.29) is 0 Å². The molecule has 2 heteroatoms. The van der Waals surface area contributed by atoms with Crippen LogP contribution in [-0.2, 0) is 6.42 Å². The van der Waals surface area contributed by atoms with E-state index in [4.69, 9.17) is 0 Å². The number of hydrogen-bond donors (Lipinski definition) is 1. The van der Waals surface area contributed by atoms with Crippen LogP contribution in [0.25, 0.3) is 0 Å². The Bertz CT molecular complexity index is 435. The van der Waals surface area contributed by atoms with E-state index in [9.17, 15) is 0 Å². The first-order valence-electron chi connectivity index (χ1n) is 6.63. The molecular formula is C16H21NS. The van der Waals surface area contributed by atoms with Gasteiger partial charge in [-0.25, -0.2) is 0 Å². The van der Waals surface area contributed by atoms with E-state index in [1.54, 1.807) is 0 Å². The van der Waals surface area contributed by atoms with Crippen LogP contribution in [0.15, 0.2) is 47.8 Å². The van der Waals surface area contributed by atoms with Gasteiger partial charge in [-0.05, 0) is 36.8 Å². The highest BCUT2D eigenvalue weighted by Gasteiger charge is 2.12. The molecule has 2 aromatic rings. The normalized spacial score (nSPS) is 14.3. The number of benzene rings is 1. The summed E-state index contributed by atoms with van der Waals surface area (Å²) in [5.74, 6) is 0. The van der Waals surface area contributed by atoms with Gasteiger partial charge in [0.2, 0.25) is 0 Å². The maximum atomic E-state index is 3.73. The first kappa shape index (κ1) is 13.3. The van der Waals surface area contributed by atoms with Gasteiger partial charge in [0.25, 0.3) is 0 Å². The molecule has 1 unspecified atom stereocenters. The molecule has 96 valence electrons. The molecule has 0 saturated carbocycles. The molecular weight excluding hydrogens is 238 g/mol. The van der Waals surface area contributed by atoms with Crippen molar-refractivity contribution in [3.63, 3.8) is 0 Å². The minimum absolute atomic E-state index is 0.443. The maximum absolute atomic E-state index is 3.73. The van der Waals surface area contributed by atoms with Crippen molar-refractivity contribution in [1.82, 2.24) is 5.32 Å². The number of nitrogens with one attached hydrogen (secondary N) is 1. The largest absolute Gasteiger partial charge is 0.306 e. The fourth-order valence-corrected chi connectivity index (χ4v) is 2.94. The highest BCUT2D eigenvalue weighted by Crippen LogP contribution is 2.19. The van der Waals surface area contributed by atoms with E-state index in [1.807, 2.05) is 11.3 Å². The lowest BCUT2D eigenvalue weighted by Crippen LogP contribution is -2.32. The van der Waals surface area contributed by atoms with Gasteiger partial charge in [0.05, 0.1) is 0 Å². The number of rotatable bonds is 6. The van der Waals surface area contributed by atoms with E-state index >= 15 is 0 Å². The summed E-state index contributed by atoms with van der Waals surface area (Å²) < 4.78 is 0. The van der Waals surface area contributed by atoms with Crippen LogP contribution in [0.5, 0.6) is 0 Å². The van der Waals surface area contributed by atoms with Crippen molar-refractivity contribution in [1.29, 1.82) is 0 Å². The van der Waals surface area contributed by atoms with Crippen molar-refractivity contribution < 1.29 is 0 Å². The second-order valence-electron chi connectivity index (χ2n) is 4.70. The van der Waals surface area contributed by atoms with Crippen LogP contribution in [0.4, 0.5) is 0 Å². The summed E-state index contributed by atoms with van der Waals surface area (Å²) in [7, 11) is 0. The SMILES string of the molecule is CCC(Cc1ccccc1)N[C@@H](C)c1cccs1. The van der Waals surface area contributed by atoms with Crippen molar-refractivity contribution >= 4 is 11.3 Å². The minimum Gasteiger partial charge on any atom is -0.306 e. The highest BCUT2D eigenvalue weighted by atomic mass is 32.1. The summed E-state index contributed by atoms with van der Waals surface area (Å²) in [5, 5.41) is 5.87. The van der Waals surface area contributed by atoms with Gasteiger partial charge in [-0.2, -0.15) is 0 Å². The molecule has 0 aliphatic carbocycles. The lowest BCUT2D eigenvalue weighted by molar-refractivity contribution is 0.444. The number of thiophene rings is 1. The van der Waals surface area contributed by atoms with Gasteiger partial charge in [0.15, 0.2) is 0 Å². The standard InChI is InChI=1S/C16H21NS/c1-3-15(12-14-8-5-4-6-9-14)17-13(2)16-10-7-11-18-16/h4-11,13,15,17H,3,12H2,1-2H3/t13-,15?/m0/s1. The fourth-order valence-electron chi connectivity index (χ4n) is 2.19. The average molecular weight is 259 g/mol. The zero-order valence-corrected chi connectivity index (χ0v) is 11.9. The van der Waals surface area contributed by atoms with Crippen LogP contribution in [0.3, 0.4) is 0 Å². The molecule has 1 heterocycles. The first-order valence-corrected chi connectivity index (χ1v) is 7.51. The quantitative estimate of drug-likeness (QED) is 0.809. The van der Waals surface area contributed by atoms with Gasteiger partial charge < -0.3 is 5.32 Å². The van der Waals surface area contributed by atoms with Gasteiger partial charge in [-0.1, -0.05) is 43.3 Å². The van der Waals surface area contributed by atoms with Crippen LogP contribution in [0.1, 0.15) is 36.8 Å². The molecule has 0 saturated heterocycles. The molecule has 1 aromatic carbocycles. The zero-order valence-electron chi connectivity index (χ0n) is 11.1. The van der Waals surface area contributed by atoms with E-state index in [1.165, 1.54) is 10.4 Å². The van der Waals surface area contributed by atoms with Gasteiger partial charge in [-0.3, -0.25) is 0 Å². The predicted molar refractivity (Wildman–Crippen MR) is 80.1 cm³/mol. The second kappa shape index (κ2) is 6.72. The van der Waals surface area contributed by atoms with Crippen LogP contribution in [0.2, 0.25) is 0 Å².